The molecule has 0 aliphatic heterocycles. The minimum Gasteiger partial charge on any atom is -0.434 e. The molecule has 0 radical (unpaired) electrons. The van der Waals surface area contributed by atoms with Crippen LogP contribution in [0.1, 0.15) is 45.1 Å². The molecule has 18 heavy (non-hydrogen) atoms. The van der Waals surface area contributed by atoms with Gasteiger partial charge in [-0.2, -0.15) is 0 Å². The average molecular weight is 250 g/mol. The van der Waals surface area contributed by atoms with E-state index in [4.69, 9.17) is 9.47 Å². The molecule has 1 aromatic rings. The van der Waals surface area contributed by atoms with E-state index in [9.17, 15) is 4.79 Å². The number of carbonyl (C=O) groups excluding carboxylic acids is 1. The van der Waals surface area contributed by atoms with E-state index in [0.717, 1.165) is 37.7 Å². The Kier molecular flexibility index (Phi) is 6.92. The molecule has 0 amide bonds. The summed E-state index contributed by atoms with van der Waals surface area (Å²) in [5.41, 5.74) is 1.06. The Morgan fingerprint density at radius 2 is 1.83 bits per heavy atom. The van der Waals surface area contributed by atoms with Crippen molar-refractivity contribution in [2.24, 2.45) is 0 Å². The molecule has 100 valence electrons. The van der Waals surface area contributed by atoms with E-state index in [1.807, 2.05) is 24.3 Å². The van der Waals surface area contributed by atoms with E-state index in [1.165, 1.54) is 0 Å². The average Bonchev–Trinajstić information content (AvgIpc) is 2.38. The van der Waals surface area contributed by atoms with Gasteiger partial charge in [-0.1, -0.05) is 44.9 Å². The summed E-state index contributed by atoms with van der Waals surface area (Å²) >= 11 is 0. The lowest BCUT2D eigenvalue weighted by atomic mass is 10.1. The van der Waals surface area contributed by atoms with Crippen LogP contribution in [0.5, 0.6) is 5.75 Å². The third-order valence-corrected chi connectivity index (χ3v) is 2.68. The minimum atomic E-state index is -0.604. The minimum absolute atomic E-state index is 0.423. The third-order valence-electron chi connectivity index (χ3n) is 2.68. The topological polar surface area (TPSA) is 35.5 Å². The van der Waals surface area contributed by atoms with Gasteiger partial charge in [0.25, 0.3) is 0 Å². The summed E-state index contributed by atoms with van der Waals surface area (Å²) in [5.74, 6) is 0.618. The Morgan fingerprint density at radius 1 is 1.11 bits per heavy atom. The summed E-state index contributed by atoms with van der Waals surface area (Å²) in [4.78, 5) is 11.5. The number of ether oxygens (including phenoxy) is 2. The molecule has 0 N–H and O–H groups in total. The number of unbranched alkanes of at least 4 members (excludes halogenated alkanes) is 2. The van der Waals surface area contributed by atoms with Crippen LogP contribution in [0.25, 0.3) is 0 Å². The zero-order valence-corrected chi connectivity index (χ0v) is 11.3. The zero-order valence-electron chi connectivity index (χ0n) is 11.3. The second-order valence-corrected chi connectivity index (χ2v) is 4.27. The van der Waals surface area contributed by atoms with E-state index in [0.29, 0.717) is 12.4 Å². The predicted octanol–water partition coefficient (Wildman–Crippen LogP) is 4.34. The van der Waals surface area contributed by atoms with Crippen molar-refractivity contribution in [2.45, 2.75) is 46.0 Å². The lowest BCUT2D eigenvalue weighted by Crippen LogP contribution is -2.12. The number of rotatable bonds is 7. The maximum Gasteiger partial charge on any atom is 0.513 e. The van der Waals surface area contributed by atoms with Crippen LogP contribution >= 0.6 is 0 Å². The summed E-state index contributed by atoms with van der Waals surface area (Å²) in [6.45, 7) is 4.61. The van der Waals surface area contributed by atoms with E-state index in [2.05, 4.69) is 13.8 Å². The molecule has 0 heterocycles. The second-order valence-electron chi connectivity index (χ2n) is 4.27. The molecule has 0 atom stereocenters. The van der Waals surface area contributed by atoms with Gasteiger partial charge in [-0.05, 0) is 30.9 Å². The summed E-state index contributed by atoms with van der Waals surface area (Å²) in [7, 11) is 0. The number of carbonyl (C=O) groups is 1. The largest absolute Gasteiger partial charge is 0.513 e. The van der Waals surface area contributed by atoms with Gasteiger partial charge in [-0.15, -0.1) is 0 Å². The van der Waals surface area contributed by atoms with Crippen LogP contribution in [-0.2, 0) is 11.2 Å². The molecular weight excluding hydrogens is 228 g/mol. The summed E-state index contributed by atoms with van der Waals surface area (Å²) in [6.07, 6.45) is 4.40. The lowest BCUT2D eigenvalue weighted by Gasteiger charge is -2.09. The van der Waals surface area contributed by atoms with Crippen molar-refractivity contribution >= 4 is 6.16 Å². The Labute approximate surface area is 109 Å². The number of hydrogen-bond acceptors (Lipinski definition) is 3. The van der Waals surface area contributed by atoms with Gasteiger partial charge in [0.2, 0.25) is 0 Å². The van der Waals surface area contributed by atoms with Crippen LogP contribution in [0.4, 0.5) is 4.79 Å². The standard InChI is InChI=1S/C15H22O3/c1-3-5-9-13-10-7-8-11-14(13)18-15(16)17-12-6-4-2/h7-8,10-11H,3-6,9,12H2,1-2H3. The molecule has 3 nitrogen and oxygen atoms in total. The van der Waals surface area contributed by atoms with Crippen LogP contribution in [0, 0.1) is 0 Å². The van der Waals surface area contributed by atoms with Gasteiger partial charge in [0, 0.05) is 0 Å². The molecule has 0 unspecified atom stereocenters. The number of hydrogen-bond donors (Lipinski definition) is 0. The molecule has 0 spiro atoms. The van der Waals surface area contributed by atoms with Crippen molar-refractivity contribution in [1.29, 1.82) is 0 Å². The van der Waals surface area contributed by atoms with Crippen molar-refractivity contribution < 1.29 is 14.3 Å². The molecule has 0 saturated carbocycles. The van der Waals surface area contributed by atoms with Crippen molar-refractivity contribution in [2.75, 3.05) is 6.61 Å². The van der Waals surface area contributed by atoms with Crippen LogP contribution in [0.2, 0.25) is 0 Å². The van der Waals surface area contributed by atoms with Gasteiger partial charge in [-0.3, -0.25) is 0 Å². The number of benzene rings is 1. The molecule has 3 heteroatoms. The van der Waals surface area contributed by atoms with Crippen molar-refractivity contribution in [1.82, 2.24) is 0 Å². The first-order chi connectivity index (χ1) is 8.77. The smallest absolute Gasteiger partial charge is 0.434 e. The Morgan fingerprint density at radius 3 is 2.56 bits per heavy atom. The van der Waals surface area contributed by atoms with Gasteiger partial charge in [0.1, 0.15) is 5.75 Å². The summed E-state index contributed by atoms with van der Waals surface area (Å²) in [6, 6.07) is 7.63. The first-order valence-electron chi connectivity index (χ1n) is 6.70. The predicted molar refractivity (Wildman–Crippen MR) is 71.9 cm³/mol. The fourth-order valence-corrected chi connectivity index (χ4v) is 1.60. The molecule has 0 fully saturated rings. The molecule has 0 aliphatic carbocycles. The van der Waals surface area contributed by atoms with Gasteiger partial charge in [-0.25, -0.2) is 4.79 Å². The van der Waals surface area contributed by atoms with Crippen LogP contribution in [-0.4, -0.2) is 12.8 Å². The SMILES string of the molecule is CCCCOC(=O)Oc1ccccc1CCCC. The van der Waals surface area contributed by atoms with E-state index >= 15 is 0 Å². The highest BCUT2D eigenvalue weighted by molar-refractivity contribution is 5.64. The highest BCUT2D eigenvalue weighted by atomic mass is 16.7. The number of para-hydroxylation sites is 1. The van der Waals surface area contributed by atoms with Crippen LogP contribution in [0.3, 0.4) is 0 Å². The lowest BCUT2D eigenvalue weighted by molar-refractivity contribution is 0.0975. The van der Waals surface area contributed by atoms with Gasteiger partial charge < -0.3 is 9.47 Å². The van der Waals surface area contributed by atoms with Crippen molar-refractivity contribution in [3.05, 3.63) is 29.8 Å². The Balaban J connectivity index is 2.51. The molecule has 0 bridgehead atoms. The van der Waals surface area contributed by atoms with Crippen LogP contribution < -0.4 is 4.74 Å². The van der Waals surface area contributed by atoms with E-state index < -0.39 is 6.16 Å². The molecule has 1 aromatic carbocycles. The normalized spacial score (nSPS) is 10.1. The van der Waals surface area contributed by atoms with Crippen molar-refractivity contribution in [3.63, 3.8) is 0 Å². The first kappa shape index (κ1) is 14.6. The quantitative estimate of drug-likeness (QED) is 0.410. The molecular formula is C15H22O3. The Hall–Kier alpha value is -1.51. The van der Waals surface area contributed by atoms with Crippen LogP contribution in [0.15, 0.2) is 24.3 Å². The Bertz CT molecular complexity index is 361. The highest BCUT2D eigenvalue weighted by Gasteiger charge is 2.09. The van der Waals surface area contributed by atoms with Gasteiger partial charge in [0.05, 0.1) is 6.61 Å². The monoisotopic (exact) mass is 250 g/mol. The second kappa shape index (κ2) is 8.56. The fraction of sp³-hybridized carbons (Fsp3) is 0.533. The third kappa shape index (κ3) is 5.21. The number of aryl methyl sites for hydroxylation is 1. The van der Waals surface area contributed by atoms with Gasteiger partial charge in [0.15, 0.2) is 0 Å². The zero-order chi connectivity index (χ0) is 13.2. The maximum atomic E-state index is 11.5. The maximum absolute atomic E-state index is 11.5. The molecule has 1 rings (SSSR count). The summed E-state index contributed by atoms with van der Waals surface area (Å²) in [5, 5.41) is 0. The fourth-order valence-electron chi connectivity index (χ4n) is 1.60. The molecule has 0 saturated heterocycles. The molecule has 0 aliphatic rings. The van der Waals surface area contributed by atoms with E-state index in [1.54, 1.807) is 0 Å². The van der Waals surface area contributed by atoms with Crippen molar-refractivity contribution in [3.8, 4) is 5.75 Å². The van der Waals surface area contributed by atoms with Gasteiger partial charge >= 0.3 is 6.16 Å². The summed E-state index contributed by atoms with van der Waals surface area (Å²) < 4.78 is 10.2. The molecule has 0 aromatic heterocycles. The van der Waals surface area contributed by atoms with E-state index in [-0.39, 0.29) is 0 Å². The highest BCUT2D eigenvalue weighted by Crippen LogP contribution is 2.20. The first-order valence-corrected chi connectivity index (χ1v) is 6.70.